The second-order valence-electron chi connectivity index (χ2n) is 6.78. The number of carbonyl (C=O) groups is 2. The van der Waals surface area contributed by atoms with Crippen molar-refractivity contribution in [2.24, 2.45) is 0 Å². The Morgan fingerprint density at radius 3 is 2.10 bits per heavy atom. The van der Waals surface area contributed by atoms with Crippen molar-refractivity contribution in [1.29, 1.82) is 0 Å². The lowest BCUT2D eigenvalue weighted by molar-refractivity contribution is -0.138. The van der Waals surface area contributed by atoms with Crippen molar-refractivity contribution in [3.8, 4) is 0 Å². The molecule has 0 saturated heterocycles. The normalized spacial score (nSPS) is 13.5. The summed E-state index contributed by atoms with van der Waals surface area (Å²) in [4.78, 5) is 22.5. The van der Waals surface area contributed by atoms with Crippen LogP contribution in [0, 0.1) is 0 Å². The Bertz CT molecular complexity index is 854. The molecule has 0 fully saturated rings. The third-order valence-electron chi connectivity index (χ3n) is 4.56. The molecular formula is C21H21ClF3NO4. The van der Waals surface area contributed by atoms with Gasteiger partial charge in [-0.1, -0.05) is 35.9 Å². The molecule has 0 unspecified atom stereocenters. The predicted octanol–water partition coefficient (Wildman–Crippen LogP) is 4.70. The van der Waals surface area contributed by atoms with Crippen LogP contribution in [-0.4, -0.2) is 34.8 Å². The third kappa shape index (κ3) is 7.35. The fraction of sp³-hybridized carbons (Fsp3) is 0.333. The monoisotopic (exact) mass is 443 g/mol. The van der Waals surface area contributed by atoms with E-state index in [1.807, 2.05) is 0 Å². The number of carboxylic acid groups (broad SMARTS) is 1. The summed E-state index contributed by atoms with van der Waals surface area (Å²) >= 11 is 5.83. The summed E-state index contributed by atoms with van der Waals surface area (Å²) in [5, 5.41) is 22.2. The van der Waals surface area contributed by atoms with Gasteiger partial charge < -0.3 is 15.5 Å². The summed E-state index contributed by atoms with van der Waals surface area (Å²) in [7, 11) is 0. The Kier molecular flexibility index (Phi) is 8.25. The molecule has 0 aromatic heterocycles. The maximum Gasteiger partial charge on any atom is 0.389 e. The molecule has 0 spiro atoms. The number of amides is 1. The van der Waals surface area contributed by atoms with E-state index >= 15 is 0 Å². The van der Waals surface area contributed by atoms with E-state index in [1.165, 1.54) is 24.3 Å². The number of carboxylic acids is 1. The molecule has 30 heavy (non-hydrogen) atoms. The molecule has 0 heterocycles. The molecule has 0 saturated carbocycles. The number of benzene rings is 2. The lowest BCUT2D eigenvalue weighted by atomic mass is 9.85. The Hall–Kier alpha value is -2.58. The van der Waals surface area contributed by atoms with Gasteiger partial charge in [-0.15, -0.1) is 0 Å². The van der Waals surface area contributed by atoms with Crippen LogP contribution in [-0.2, 0) is 4.79 Å². The Labute approximate surface area is 176 Å². The lowest BCUT2D eigenvalue weighted by Crippen LogP contribution is -2.26. The second kappa shape index (κ2) is 10.4. The molecule has 3 N–H and O–H groups in total. The first-order valence-electron chi connectivity index (χ1n) is 9.17. The van der Waals surface area contributed by atoms with Crippen LogP contribution in [0.5, 0.6) is 0 Å². The first kappa shape index (κ1) is 23.7. The number of nitrogens with one attached hydrogen (secondary N) is 1. The van der Waals surface area contributed by atoms with Gasteiger partial charge in [0, 0.05) is 29.5 Å². The van der Waals surface area contributed by atoms with Gasteiger partial charge in [0.15, 0.2) is 0 Å². The van der Waals surface area contributed by atoms with Gasteiger partial charge in [0.25, 0.3) is 5.91 Å². The fourth-order valence-corrected chi connectivity index (χ4v) is 3.11. The quantitative estimate of drug-likeness (QED) is 0.524. The first-order valence-corrected chi connectivity index (χ1v) is 9.55. The van der Waals surface area contributed by atoms with Gasteiger partial charge in [0.2, 0.25) is 0 Å². The molecule has 0 aliphatic heterocycles. The van der Waals surface area contributed by atoms with E-state index in [0.29, 0.717) is 16.1 Å². The molecule has 5 nitrogen and oxygen atoms in total. The van der Waals surface area contributed by atoms with Crippen molar-refractivity contribution in [2.75, 3.05) is 6.54 Å². The maximum atomic E-state index is 12.8. The number of hydrogen-bond donors (Lipinski definition) is 3. The molecular weight excluding hydrogens is 423 g/mol. The minimum atomic E-state index is -4.37. The number of hydrogen-bond acceptors (Lipinski definition) is 3. The first-order chi connectivity index (χ1) is 14.1. The zero-order valence-corrected chi connectivity index (χ0v) is 16.6. The van der Waals surface area contributed by atoms with Crippen LogP contribution in [0.4, 0.5) is 13.2 Å². The Balaban J connectivity index is 2.19. The summed E-state index contributed by atoms with van der Waals surface area (Å²) in [6.07, 6.45) is -7.20. The van der Waals surface area contributed by atoms with Crippen LogP contribution in [0.3, 0.4) is 0 Å². The van der Waals surface area contributed by atoms with Gasteiger partial charge in [-0.05, 0) is 41.8 Å². The summed E-state index contributed by atoms with van der Waals surface area (Å²) in [5.74, 6) is -2.39. The van der Waals surface area contributed by atoms with Crippen LogP contribution >= 0.6 is 11.6 Å². The Morgan fingerprint density at radius 2 is 1.57 bits per heavy atom. The van der Waals surface area contributed by atoms with Crippen molar-refractivity contribution in [3.05, 3.63) is 70.2 Å². The van der Waals surface area contributed by atoms with E-state index in [4.69, 9.17) is 16.7 Å². The Morgan fingerprint density at radius 1 is 1.00 bits per heavy atom. The largest absolute Gasteiger partial charge is 0.481 e. The van der Waals surface area contributed by atoms with Crippen molar-refractivity contribution in [3.63, 3.8) is 0 Å². The number of alkyl halides is 3. The summed E-state index contributed by atoms with van der Waals surface area (Å²) in [6, 6.07) is 12.0. The molecule has 162 valence electrons. The van der Waals surface area contributed by atoms with Crippen LogP contribution in [0.25, 0.3) is 0 Å². The highest BCUT2D eigenvalue weighted by Crippen LogP contribution is 2.38. The minimum Gasteiger partial charge on any atom is -0.481 e. The summed E-state index contributed by atoms with van der Waals surface area (Å²) < 4.78 is 38.4. The zero-order chi connectivity index (χ0) is 22.3. The molecule has 9 heteroatoms. The van der Waals surface area contributed by atoms with Crippen molar-refractivity contribution in [2.45, 2.75) is 37.5 Å². The average molecular weight is 444 g/mol. The minimum absolute atomic E-state index is 0.0423. The lowest BCUT2D eigenvalue weighted by Gasteiger charge is -2.25. The molecule has 0 aliphatic carbocycles. The van der Waals surface area contributed by atoms with E-state index in [2.05, 4.69) is 5.32 Å². The van der Waals surface area contributed by atoms with Crippen molar-refractivity contribution >= 4 is 23.5 Å². The SMILES string of the molecule is O=C(O)CCNC(=O)c1ccc([C@@H](CCC(F)(F)F)[C@@H](O)c2ccc(Cl)cc2)cc1. The van der Waals surface area contributed by atoms with Crippen LogP contribution < -0.4 is 5.32 Å². The maximum absolute atomic E-state index is 12.8. The van der Waals surface area contributed by atoms with Crippen molar-refractivity contribution < 1.29 is 33.0 Å². The van der Waals surface area contributed by atoms with E-state index in [0.717, 1.165) is 0 Å². The summed E-state index contributed by atoms with van der Waals surface area (Å²) in [6.45, 7) is -0.0423. The van der Waals surface area contributed by atoms with Gasteiger partial charge >= 0.3 is 12.1 Å². The fourth-order valence-electron chi connectivity index (χ4n) is 2.98. The van der Waals surface area contributed by atoms with Gasteiger partial charge in [-0.3, -0.25) is 9.59 Å². The molecule has 0 radical (unpaired) electrons. The third-order valence-corrected chi connectivity index (χ3v) is 4.81. The second-order valence-corrected chi connectivity index (χ2v) is 7.21. The number of carbonyl (C=O) groups excluding carboxylic acids is 1. The average Bonchev–Trinajstić information content (AvgIpc) is 2.67. The number of aliphatic hydroxyl groups is 1. The molecule has 2 rings (SSSR count). The van der Waals surface area contributed by atoms with Gasteiger partial charge in [-0.2, -0.15) is 13.2 Å². The summed E-state index contributed by atoms with van der Waals surface area (Å²) in [5.41, 5.74) is 1.12. The van der Waals surface area contributed by atoms with Gasteiger partial charge in [-0.25, -0.2) is 0 Å². The highest BCUT2D eigenvalue weighted by atomic mass is 35.5. The number of aliphatic carboxylic acids is 1. The molecule has 2 aromatic rings. The highest BCUT2D eigenvalue weighted by Gasteiger charge is 2.31. The molecule has 1 amide bonds. The van der Waals surface area contributed by atoms with Crippen LogP contribution in [0.1, 0.15) is 52.8 Å². The van der Waals surface area contributed by atoms with E-state index in [1.54, 1.807) is 24.3 Å². The van der Waals surface area contributed by atoms with Crippen molar-refractivity contribution in [1.82, 2.24) is 5.32 Å². The molecule has 2 aromatic carbocycles. The highest BCUT2D eigenvalue weighted by molar-refractivity contribution is 6.30. The van der Waals surface area contributed by atoms with E-state index in [-0.39, 0.29) is 24.9 Å². The number of halogens is 4. The van der Waals surface area contributed by atoms with Crippen LogP contribution in [0.15, 0.2) is 48.5 Å². The van der Waals surface area contributed by atoms with E-state index < -0.39 is 36.5 Å². The molecule has 0 aliphatic rings. The topological polar surface area (TPSA) is 86.6 Å². The van der Waals surface area contributed by atoms with E-state index in [9.17, 15) is 27.9 Å². The standard InChI is InChI=1S/C21H21ClF3NO4/c22-16-7-5-14(6-8-16)19(29)17(9-11-21(23,24)25)13-1-3-15(4-2-13)20(30)26-12-10-18(27)28/h1-8,17,19,29H,9-12H2,(H,26,30)(H,27,28)/t17-,19+/m1/s1. The van der Waals surface area contributed by atoms with Gasteiger partial charge in [0.05, 0.1) is 12.5 Å². The number of rotatable bonds is 9. The smallest absolute Gasteiger partial charge is 0.389 e. The zero-order valence-electron chi connectivity index (χ0n) is 15.8. The predicted molar refractivity (Wildman–Crippen MR) is 105 cm³/mol. The van der Waals surface area contributed by atoms with Crippen LogP contribution in [0.2, 0.25) is 5.02 Å². The number of aliphatic hydroxyl groups excluding tert-OH is 1. The molecule has 0 bridgehead atoms. The van der Waals surface area contributed by atoms with Gasteiger partial charge in [0.1, 0.15) is 0 Å². The molecule has 2 atom stereocenters.